The Hall–Kier alpha value is -2.35. The summed E-state index contributed by atoms with van der Waals surface area (Å²) in [5.41, 5.74) is 1.76. The zero-order valence-corrected chi connectivity index (χ0v) is 18.0. The third-order valence-electron chi connectivity index (χ3n) is 5.50. The van der Waals surface area contributed by atoms with Crippen molar-refractivity contribution in [2.45, 2.75) is 6.54 Å². The molecule has 0 unspecified atom stereocenters. The van der Waals surface area contributed by atoms with Crippen molar-refractivity contribution in [1.29, 1.82) is 0 Å². The van der Waals surface area contributed by atoms with Gasteiger partial charge in [-0.15, -0.1) is 0 Å². The number of nitrogens with one attached hydrogen (secondary N) is 1. The van der Waals surface area contributed by atoms with Crippen LogP contribution in [0.5, 0.6) is 17.2 Å². The highest BCUT2D eigenvalue weighted by molar-refractivity contribution is 9.10. The number of carbonyl (C=O) groups is 1. The van der Waals surface area contributed by atoms with Gasteiger partial charge in [0.15, 0.2) is 5.76 Å². The van der Waals surface area contributed by atoms with Crippen molar-refractivity contribution < 1.29 is 24.3 Å². The molecule has 0 aliphatic carbocycles. The summed E-state index contributed by atoms with van der Waals surface area (Å²) in [5.74, 6) is 0.964. The van der Waals surface area contributed by atoms with Crippen LogP contribution in [0.15, 0.2) is 40.6 Å². The van der Waals surface area contributed by atoms with Gasteiger partial charge in [0.05, 0.1) is 25.8 Å². The number of allylic oxidation sites excluding steroid dienone is 1. The van der Waals surface area contributed by atoms with Crippen LogP contribution in [-0.2, 0) is 6.54 Å². The highest BCUT2D eigenvalue weighted by Gasteiger charge is 2.31. The lowest BCUT2D eigenvalue weighted by Crippen LogP contribution is -3.13. The van der Waals surface area contributed by atoms with E-state index in [9.17, 15) is 9.90 Å². The molecule has 2 aliphatic heterocycles. The Bertz CT molecular complexity index is 981. The van der Waals surface area contributed by atoms with Crippen LogP contribution >= 0.6 is 15.9 Å². The summed E-state index contributed by atoms with van der Waals surface area (Å²) in [6, 6.07) is 8.60. The number of fused-ring (bicyclic) bond motifs is 1. The van der Waals surface area contributed by atoms with Crippen LogP contribution < -0.4 is 19.5 Å². The Balaban J connectivity index is 1.65. The van der Waals surface area contributed by atoms with Crippen LogP contribution in [0.2, 0.25) is 0 Å². The number of ketones is 1. The van der Waals surface area contributed by atoms with Gasteiger partial charge < -0.3 is 19.5 Å². The second-order valence-electron chi connectivity index (χ2n) is 7.48. The minimum absolute atomic E-state index is 0.0794. The largest absolute Gasteiger partial charge is 0.872 e. The molecule has 2 heterocycles. The Kier molecular flexibility index (Phi) is 5.63. The van der Waals surface area contributed by atoms with E-state index in [-0.39, 0.29) is 17.3 Å². The van der Waals surface area contributed by atoms with E-state index in [1.807, 2.05) is 18.2 Å². The summed E-state index contributed by atoms with van der Waals surface area (Å²) in [4.78, 5) is 16.5. The van der Waals surface area contributed by atoms with Crippen LogP contribution in [0, 0.1) is 0 Å². The molecule has 2 aliphatic rings. The zero-order valence-electron chi connectivity index (χ0n) is 16.5. The van der Waals surface area contributed by atoms with Gasteiger partial charge in [0.2, 0.25) is 5.78 Å². The van der Waals surface area contributed by atoms with Crippen molar-refractivity contribution >= 4 is 27.8 Å². The predicted molar refractivity (Wildman–Crippen MR) is 111 cm³/mol. The number of benzene rings is 2. The van der Waals surface area contributed by atoms with Crippen molar-refractivity contribution in [3.63, 3.8) is 0 Å². The average molecular weight is 459 g/mol. The van der Waals surface area contributed by atoms with Gasteiger partial charge in [0.25, 0.3) is 0 Å². The van der Waals surface area contributed by atoms with E-state index in [1.165, 1.54) is 11.0 Å². The third kappa shape index (κ3) is 4.03. The lowest BCUT2D eigenvalue weighted by molar-refractivity contribution is -0.918. The molecule has 2 aromatic carbocycles. The van der Waals surface area contributed by atoms with Crippen LogP contribution in [0.25, 0.3) is 6.08 Å². The quantitative estimate of drug-likeness (QED) is 0.702. The molecule has 0 bridgehead atoms. The van der Waals surface area contributed by atoms with Crippen LogP contribution in [0.1, 0.15) is 21.5 Å². The molecule has 0 radical (unpaired) electrons. The molecule has 0 spiro atoms. The number of likely N-dealkylation sites (N-methyl/N-ethyl adjacent to an activating group) is 1. The van der Waals surface area contributed by atoms with Gasteiger partial charge in [-0.25, -0.2) is 0 Å². The Labute approximate surface area is 178 Å². The Morgan fingerprint density at radius 1 is 1.28 bits per heavy atom. The third-order valence-corrected chi connectivity index (χ3v) is 5.99. The lowest BCUT2D eigenvalue weighted by atomic mass is 10.0. The number of piperazine rings is 1. The predicted octanol–water partition coefficient (Wildman–Crippen LogP) is 1.48. The maximum Gasteiger partial charge on any atom is 0.231 e. The zero-order chi connectivity index (χ0) is 20.5. The summed E-state index contributed by atoms with van der Waals surface area (Å²) in [6.07, 6.45) is 1.67. The Morgan fingerprint density at radius 2 is 2.03 bits per heavy atom. The molecule has 1 fully saturated rings. The summed E-state index contributed by atoms with van der Waals surface area (Å²) in [6.45, 7) is 4.48. The van der Waals surface area contributed by atoms with E-state index < -0.39 is 0 Å². The molecule has 1 N–H and O–H groups in total. The van der Waals surface area contributed by atoms with Crippen molar-refractivity contribution in [3.8, 4) is 17.2 Å². The number of hydrogen-bond donors (Lipinski definition) is 1. The fourth-order valence-electron chi connectivity index (χ4n) is 3.78. The standard InChI is InChI=1S/C22H23BrN2O4/c1-24-7-9-25(10-8-24)13-17-18(26)5-4-16-21(27)20(29-22(16)17)12-14-11-15(23)3-6-19(14)28-2/h3-6,11-12,26H,7-10,13H2,1-2H3/b20-12-. The number of ether oxygens (including phenoxy) is 2. The van der Waals surface area contributed by atoms with Crippen LogP contribution in [-0.4, -0.2) is 51.0 Å². The molecule has 0 atom stereocenters. The lowest BCUT2D eigenvalue weighted by Gasteiger charge is -2.30. The van der Waals surface area contributed by atoms with Crippen LogP contribution in [0.4, 0.5) is 0 Å². The summed E-state index contributed by atoms with van der Waals surface area (Å²) in [5, 5.41) is 12.6. The molecule has 7 heteroatoms. The molecule has 4 rings (SSSR count). The molecule has 0 amide bonds. The number of Topliss-reactive ketones (excluding diaryl/α,β-unsaturated/α-hetero) is 1. The summed E-state index contributed by atoms with van der Waals surface area (Å²) < 4.78 is 12.2. The number of nitrogens with zero attached hydrogens (tertiary/aromatic N) is 1. The number of quaternary nitrogens is 1. The number of halogens is 1. The first-order valence-corrected chi connectivity index (χ1v) is 10.4. The van der Waals surface area contributed by atoms with E-state index in [2.05, 4.69) is 27.9 Å². The number of methoxy groups -OCH3 is 1. The summed E-state index contributed by atoms with van der Waals surface area (Å²) >= 11 is 3.44. The summed E-state index contributed by atoms with van der Waals surface area (Å²) in [7, 11) is 3.68. The van der Waals surface area contributed by atoms with Crippen LogP contribution in [0.3, 0.4) is 0 Å². The van der Waals surface area contributed by atoms with E-state index in [4.69, 9.17) is 9.47 Å². The first-order chi connectivity index (χ1) is 14.0. The van der Waals surface area contributed by atoms with Gasteiger partial charge in [-0.2, -0.15) is 0 Å². The van der Waals surface area contributed by atoms with Gasteiger partial charge in [-0.05, 0) is 37.4 Å². The van der Waals surface area contributed by atoms with Gasteiger partial charge in [-0.3, -0.25) is 9.69 Å². The van der Waals surface area contributed by atoms with Crippen molar-refractivity contribution in [1.82, 2.24) is 4.90 Å². The van der Waals surface area contributed by atoms with Crippen molar-refractivity contribution in [3.05, 3.63) is 57.3 Å². The molecular weight excluding hydrogens is 436 g/mol. The molecule has 2 aromatic rings. The minimum Gasteiger partial charge on any atom is -0.872 e. The second kappa shape index (κ2) is 8.18. The molecule has 29 heavy (non-hydrogen) atoms. The van der Waals surface area contributed by atoms with Gasteiger partial charge >= 0.3 is 0 Å². The molecule has 0 saturated carbocycles. The number of carbonyl (C=O) groups excluding carboxylic acids is 1. The maximum atomic E-state index is 12.9. The fourth-order valence-corrected chi connectivity index (χ4v) is 4.16. The smallest absolute Gasteiger partial charge is 0.231 e. The first kappa shape index (κ1) is 19.9. The normalized spacial score (nSPS) is 18.7. The molecule has 1 saturated heterocycles. The highest BCUT2D eigenvalue weighted by atomic mass is 79.9. The van der Waals surface area contributed by atoms with Crippen molar-refractivity contribution in [2.24, 2.45) is 0 Å². The molecule has 6 nitrogen and oxygen atoms in total. The fraction of sp³-hybridized carbons (Fsp3) is 0.318. The van der Waals surface area contributed by atoms with Gasteiger partial charge in [-0.1, -0.05) is 27.7 Å². The molecule has 0 aromatic heterocycles. The first-order valence-electron chi connectivity index (χ1n) is 9.59. The topological polar surface area (TPSA) is 66.3 Å². The minimum atomic E-state index is -0.211. The number of hydrogen-bond acceptors (Lipinski definition) is 5. The number of rotatable bonds is 4. The van der Waals surface area contributed by atoms with E-state index >= 15 is 0 Å². The van der Waals surface area contributed by atoms with Crippen molar-refractivity contribution in [2.75, 3.05) is 40.3 Å². The van der Waals surface area contributed by atoms with Gasteiger partial charge in [0, 0.05) is 28.7 Å². The van der Waals surface area contributed by atoms with E-state index in [0.29, 0.717) is 29.2 Å². The Morgan fingerprint density at radius 3 is 2.76 bits per heavy atom. The van der Waals surface area contributed by atoms with E-state index in [0.717, 1.165) is 36.2 Å². The van der Waals surface area contributed by atoms with Gasteiger partial charge in [0.1, 0.15) is 18.0 Å². The molecular formula is C22H23BrN2O4. The monoisotopic (exact) mass is 458 g/mol. The molecule has 152 valence electrons. The second-order valence-corrected chi connectivity index (χ2v) is 8.39. The maximum absolute atomic E-state index is 12.9. The SMILES string of the molecule is COc1ccc(Br)cc1/C=C1\Oc2c(ccc([O-])c2C[NH+]2CCN(C)CC2)C1=O. The highest BCUT2D eigenvalue weighted by Crippen LogP contribution is 2.39. The average Bonchev–Trinajstić information content (AvgIpc) is 3.02. The van der Waals surface area contributed by atoms with E-state index in [1.54, 1.807) is 19.3 Å².